The SMILES string of the molecule is CC(C)CC[C@H](c1ccc(Cl)c(C(F)(F)F)c1)N1CCNCC1. The van der Waals surface area contributed by atoms with Crippen molar-refractivity contribution in [2.24, 2.45) is 5.92 Å². The lowest BCUT2D eigenvalue weighted by molar-refractivity contribution is -0.137. The normalized spacial score (nSPS) is 18.4. The Bertz CT molecular complexity index is 511. The Hall–Kier alpha value is -0.780. The first-order valence-electron chi connectivity index (χ1n) is 8.10. The average molecular weight is 349 g/mol. The van der Waals surface area contributed by atoms with Crippen molar-refractivity contribution in [2.75, 3.05) is 26.2 Å². The molecule has 0 unspecified atom stereocenters. The summed E-state index contributed by atoms with van der Waals surface area (Å²) in [6.07, 6.45) is -2.58. The highest BCUT2D eigenvalue weighted by Gasteiger charge is 2.34. The number of nitrogens with zero attached hydrogens (tertiary/aromatic N) is 1. The van der Waals surface area contributed by atoms with Crippen molar-refractivity contribution in [3.8, 4) is 0 Å². The quantitative estimate of drug-likeness (QED) is 0.826. The van der Waals surface area contributed by atoms with Gasteiger partial charge in [-0.2, -0.15) is 13.2 Å². The van der Waals surface area contributed by atoms with E-state index in [0.717, 1.165) is 39.0 Å². The smallest absolute Gasteiger partial charge is 0.314 e. The summed E-state index contributed by atoms with van der Waals surface area (Å²) in [6, 6.07) is 4.36. The molecule has 1 N–H and O–H groups in total. The van der Waals surface area contributed by atoms with E-state index in [1.807, 2.05) is 0 Å². The van der Waals surface area contributed by atoms with Crippen molar-refractivity contribution >= 4 is 11.6 Å². The third-order valence-electron chi connectivity index (χ3n) is 4.29. The average Bonchev–Trinajstić information content (AvgIpc) is 2.48. The van der Waals surface area contributed by atoms with E-state index in [2.05, 4.69) is 24.1 Å². The van der Waals surface area contributed by atoms with Gasteiger partial charge in [0.05, 0.1) is 10.6 Å². The van der Waals surface area contributed by atoms with Gasteiger partial charge in [0.25, 0.3) is 0 Å². The molecule has 0 saturated carbocycles. The topological polar surface area (TPSA) is 15.3 Å². The highest BCUT2D eigenvalue weighted by Crippen LogP contribution is 2.38. The van der Waals surface area contributed by atoms with Crippen molar-refractivity contribution in [1.82, 2.24) is 10.2 Å². The highest BCUT2D eigenvalue weighted by molar-refractivity contribution is 6.31. The summed E-state index contributed by atoms with van der Waals surface area (Å²) in [7, 11) is 0. The van der Waals surface area contributed by atoms with E-state index < -0.39 is 11.7 Å². The monoisotopic (exact) mass is 348 g/mol. The predicted octanol–water partition coefficient (Wildman–Crippen LogP) is 4.74. The molecule has 2 nitrogen and oxygen atoms in total. The number of benzene rings is 1. The van der Waals surface area contributed by atoms with E-state index in [-0.39, 0.29) is 11.1 Å². The summed E-state index contributed by atoms with van der Waals surface area (Å²) < 4.78 is 39.4. The zero-order valence-corrected chi connectivity index (χ0v) is 14.3. The molecule has 1 atom stereocenters. The van der Waals surface area contributed by atoms with E-state index in [1.54, 1.807) is 6.07 Å². The predicted molar refractivity (Wildman–Crippen MR) is 87.7 cm³/mol. The fourth-order valence-corrected chi connectivity index (χ4v) is 3.24. The van der Waals surface area contributed by atoms with Crippen LogP contribution in [-0.4, -0.2) is 31.1 Å². The first kappa shape index (κ1) is 18.6. The Balaban J connectivity index is 2.30. The summed E-state index contributed by atoms with van der Waals surface area (Å²) in [6.45, 7) is 7.73. The Morgan fingerprint density at radius 3 is 2.39 bits per heavy atom. The maximum Gasteiger partial charge on any atom is 0.417 e. The minimum Gasteiger partial charge on any atom is -0.314 e. The van der Waals surface area contributed by atoms with Gasteiger partial charge in [0, 0.05) is 32.2 Å². The largest absolute Gasteiger partial charge is 0.417 e. The van der Waals surface area contributed by atoms with Crippen LogP contribution in [0, 0.1) is 5.92 Å². The van der Waals surface area contributed by atoms with E-state index in [0.29, 0.717) is 11.5 Å². The fraction of sp³-hybridized carbons (Fsp3) is 0.647. The van der Waals surface area contributed by atoms with Gasteiger partial charge in [-0.15, -0.1) is 0 Å². The third kappa shape index (κ3) is 5.10. The van der Waals surface area contributed by atoms with Gasteiger partial charge in [-0.1, -0.05) is 31.5 Å². The van der Waals surface area contributed by atoms with Crippen LogP contribution in [0.15, 0.2) is 18.2 Å². The lowest BCUT2D eigenvalue weighted by atomic mass is 9.94. The van der Waals surface area contributed by atoms with Gasteiger partial charge in [-0.05, 0) is 36.5 Å². The molecule has 1 aliphatic rings. The molecule has 0 aliphatic carbocycles. The Labute approximate surface area is 141 Å². The molecule has 0 amide bonds. The van der Waals surface area contributed by atoms with Crippen LogP contribution in [0.1, 0.15) is 43.9 Å². The molecule has 1 saturated heterocycles. The maximum absolute atomic E-state index is 13.1. The van der Waals surface area contributed by atoms with Crippen molar-refractivity contribution in [3.05, 3.63) is 34.3 Å². The molecule has 6 heteroatoms. The van der Waals surface area contributed by atoms with E-state index in [9.17, 15) is 13.2 Å². The zero-order chi connectivity index (χ0) is 17.0. The minimum atomic E-state index is -4.42. The Kier molecular flexibility index (Phi) is 6.34. The van der Waals surface area contributed by atoms with E-state index >= 15 is 0 Å². The molecule has 23 heavy (non-hydrogen) atoms. The summed E-state index contributed by atoms with van der Waals surface area (Å²) in [5.74, 6) is 0.523. The fourth-order valence-electron chi connectivity index (χ4n) is 3.01. The van der Waals surface area contributed by atoms with Crippen LogP contribution in [0.25, 0.3) is 0 Å². The van der Waals surface area contributed by atoms with Crippen molar-refractivity contribution in [1.29, 1.82) is 0 Å². The van der Waals surface area contributed by atoms with E-state index in [4.69, 9.17) is 11.6 Å². The standard InChI is InChI=1S/C17H24ClF3N2/c1-12(2)3-6-16(23-9-7-22-8-10-23)13-4-5-15(18)14(11-13)17(19,20)21/h4-5,11-12,16,22H,3,6-10H2,1-2H3/t16-/m1/s1. The molecule has 1 aromatic rings. The molecule has 0 aromatic heterocycles. The maximum atomic E-state index is 13.1. The third-order valence-corrected chi connectivity index (χ3v) is 4.62. The number of hydrogen-bond donors (Lipinski definition) is 1. The molecular formula is C17H24ClF3N2. The van der Waals surface area contributed by atoms with Crippen LogP contribution in [0.3, 0.4) is 0 Å². The first-order chi connectivity index (χ1) is 10.8. The lowest BCUT2D eigenvalue weighted by Gasteiger charge is -2.36. The van der Waals surface area contributed by atoms with Crippen LogP contribution in [0.4, 0.5) is 13.2 Å². The van der Waals surface area contributed by atoms with Gasteiger partial charge in [-0.25, -0.2) is 0 Å². The number of piperazine rings is 1. The molecular weight excluding hydrogens is 325 g/mol. The molecule has 130 valence electrons. The van der Waals surface area contributed by atoms with Crippen molar-refractivity contribution in [2.45, 2.75) is 38.9 Å². The van der Waals surface area contributed by atoms with Gasteiger partial charge in [0.1, 0.15) is 0 Å². The lowest BCUT2D eigenvalue weighted by Crippen LogP contribution is -2.45. The van der Waals surface area contributed by atoms with Gasteiger partial charge in [0.2, 0.25) is 0 Å². The van der Waals surface area contributed by atoms with E-state index in [1.165, 1.54) is 12.1 Å². The zero-order valence-electron chi connectivity index (χ0n) is 13.6. The second kappa shape index (κ2) is 7.86. The second-order valence-corrected chi connectivity index (χ2v) is 6.92. The van der Waals surface area contributed by atoms with Crippen LogP contribution >= 0.6 is 11.6 Å². The second-order valence-electron chi connectivity index (χ2n) is 6.51. The molecule has 0 bridgehead atoms. The number of halogens is 4. The van der Waals surface area contributed by atoms with Crippen LogP contribution in [0.2, 0.25) is 5.02 Å². The number of alkyl halides is 3. The summed E-state index contributed by atoms with van der Waals surface area (Å²) in [5.41, 5.74) is -0.0226. The summed E-state index contributed by atoms with van der Waals surface area (Å²) in [4.78, 5) is 2.28. The number of hydrogen-bond acceptors (Lipinski definition) is 2. The van der Waals surface area contributed by atoms with Crippen LogP contribution in [0.5, 0.6) is 0 Å². The molecule has 1 aromatic carbocycles. The van der Waals surface area contributed by atoms with Crippen molar-refractivity contribution in [3.63, 3.8) is 0 Å². The van der Waals surface area contributed by atoms with Gasteiger partial charge < -0.3 is 5.32 Å². The molecule has 0 radical (unpaired) electrons. The number of rotatable bonds is 5. The molecule has 1 heterocycles. The molecule has 2 rings (SSSR count). The van der Waals surface area contributed by atoms with Gasteiger partial charge in [0.15, 0.2) is 0 Å². The molecule has 1 fully saturated rings. The van der Waals surface area contributed by atoms with Crippen molar-refractivity contribution < 1.29 is 13.2 Å². The molecule has 1 aliphatic heterocycles. The first-order valence-corrected chi connectivity index (χ1v) is 8.48. The summed E-state index contributed by atoms with van der Waals surface area (Å²) >= 11 is 5.76. The minimum absolute atomic E-state index is 0.0119. The van der Waals surface area contributed by atoms with Gasteiger partial charge >= 0.3 is 6.18 Å². The Morgan fingerprint density at radius 2 is 1.83 bits per heavy atom. The molecule has 0 spiro atoms. The highest BCUT2D eigenvalue weighted by atomic mass is 35.5. The summed E-state index contributed by atoms with van der Waals surface area (Å²) in [5, 5.41) is 3.06. The Morgan fingerprint density at radius 1 is 1.17 bits per heavy atom. The number of nitrogens with one attached hydrogen (secondary N) is 1. The van der Waals surface area contributed by atoms with Gasteiger partial charge in [-0.3, -0.25) is 4.90 Å². The van der Waals surface area contributed by atoms with Crippen LogP contribution < -0.4 is 5.32 Å². The van der Waals surface area contributed by atoms with Crippen LogP contribution in [-0.2, 0) is 6.18 Å².